The maximum atomic E-state index is 13.3. The zero-order valence-corrected chi connectivity index (χ0v) is 10.6. The van der Waals surface area contributed by atoms with Crippen LogP contribution in [-0.2, 0) is 6.42 Å². The van der Waals surface area contributed by atoms with E-state index in [1.165, 1.54) is 19.2 Å². The molecule has 0 saturated carbocycles. The van der Waals surface area contributed by atoms with Crippen molar-refractivity contribution in [3.8, 4) is 17.0 Å². The molecule has 1 N–H and O–H groups in total. The van der Waals surface area contributed by atoms with E-state index >= 15 is 0 Å². The number of ether oxygens (including phenoxy) is 1. The first-order valence-electron chi connectivity index (χ1n) is 6.01. The van der Waals surface area contributed by atoms with Gasteiger partial charge in [-0.1, -0.05) is 0 Å². The number of methoxy groups -OCH3 is 1. The average molecular weight is 262 g/mol. The molecule has 0 amide bonds. The monoisotopic (exact) mass is 262 g/mol. The number of aliphatic hydroxyl groups is 1. The minimum Gasteiger partial charge on any atom is -0.496 e. The Morgan fingerprint density at radius 3 is 2.89 bits per heavy atom. The molecule has 2 rings (SSSR count). The predicted molar refractivity (Wildman–Crippen MR) is 69.4 cm³/mol. The molecule has 1 aromatic heterocycles. The van der Waals surface area contributed by atoms with Crippen molar-refractivity contribution in [3.05, 3.63) is 42.1 Å². The largest absolute Gasteiger partial charge is 0.496 e. The molecule has 0 radical (unpaired) electrons. The van der Waals surface area contributed by atoms with Crippen LogP contribution in [0.3, 0.4) is 0 Å². The molecule has 1 aromatic carbocycles. The molecule has 2 aromatic rings. The Balaban J connectivity index is 2.38. The molecule has 0 aliphatic heterocycles. The second-order valence-corrected chi connectivity index (χ2v) is 4.03. The lowest BCUT2D eigenvalue weighted by Crippen LogP contribution is -1.99. The van der Waals surface area contributed by atoms with Gasteiger partial charge in [0.15, 0.2) is 0 Å². The van der Waals surface area contributed by atoms with Crippen LogP contribution < -0.4 is 4.74 Å². The van der Waals surface area contributed by atoms with Gasteiger partial charge >= 0.3 is 0 Å². The number of hydrogen-bond acceptors (Lipinski definition) is 4. The Morgan fingerprint density at radius 2 is 2.16 bits per heavy atom. The molecule has 0 aliphatic carbocycles. The Bertz CT molecular complexity index is 561. The van der Waals surface area contributed by atoms with Crippen LogP contribution in [-0.4, -0.2) is 28.8 Å². The zero-order valence-electron chi connectivity index (χ0n) is 10.6. The average Bonchev–Trinajstić information content (AvgIpc) is 2.45. The van der Waals surface area contributed by atoms with Crippen LogP contribution in [0.15, 0.2) is 30.5 Å². The van der Waals surface area contributed by atoms with Crippen molar-refractivity contribution in [2.24, 2.45) is 0 Å². The number of nitrogens with zero attached hydrogens (tertiary/aromatic N) is 2. The Morgan fingerprint density at radius 1 is 1.32 bits per heavy atom. The van der Waals surface area contributed by atoms with Crippen LogP contribution in [0.5, 0.6) is 5.75 Å². The second-order valence-electron chi connectivity index (χ2n) is 4.03. The Hall–Kier alpha value is -2.01. The van der Waals surface area contributed by atoms with Crippen LogP contribution in [0.1, 0.15) is 12.2 Å². The van der Waals surface area contributed by atoms with Gasteiger partial charge in [-0.25, -0.2) is 14.4 Å². The maximum absolute atomic E-state index is 13.3. The molecule has 100 valence electrons. The summed E-state index contributed by atoms with van der Waals surface area (Å²) < 4.78 is 18.5. The van der Waals surface area contributed by atoms with Crippen molar-refractivity contribution >= 4 is 0 Å². The summed E-state index contributed by atoms with van der Waals surface area (Å²) in [5.74, 6) is 0.845. The molecule has 0 unspecified atom stereocenters. The van der Waals surface area contributed by atoms with Gasteiger partial charge in [0, 0.05) is 24.8 Å². The van der Waals surface area contributed by atoms with Crippen molar-refractivity contribution in [1.82, 2.24) is 9.97 Å². The van der Waals surface area contributed by atoms with E-state index in [9.17, 15) is 4.39 Å². The Kier molecular flexibility index (Phi) is 4.41. The summed E-state index contributed by atoms with van der Waals surface area (Å²) in [5, 5.41) is 8.81. The molecule has 0 aliphatic rings. The highest BCUT2D eigenvalue weighted by atomic mass is 19.1. The summed E-state index contributed by atoms with van der Waals surface area (Å²) in [6, 6.07) is 6.01. The van der Waals surface area contributed by atoms with E-state index in [-0.39, 0.29) is 12.4 Å². The van der Waals surface area contributed by atoms with Gasteiger partial charge in [0.25, 0.3) is 0 Å². The highest BCUT2D eigenvalue weighted by molar-refractivity contribution is 5.66. The molecule has 4 nitrogen and oxygen atoms in total. The van der Waals surface area contributed by atoms with Crippen molar-refractivity contribution in [3.63, 3.8) is 0 Å². The molecule has 19 heavy (non-hydrogen) atoms. The summed E-state index contributed by atoms with van der Waals surface area (Å²) in [7, 11) is 1.53. The molecule has 1 heterocycles. The SMILES string of the molecule is COc1ccc(F)cc1-c1ccnc(CCCO)n1. The van der Waals surface area contributed by atoms with Gasteiger partial charge < -0.3 is 9.84 Å². The van der Waals surface area contributed by atoms with Crippen LogP contribution in [0, 0.1) is 5.82 Å². The first-order valence-corrected chi connectivity index (χ1v) is 6.01. The van der Waals surface area contributed by atoms with E-state index in [1.807, 2.05) is 0 Å². The number of benzene rings is 1. The van der Waals surface area contributed by atoms with Crippen molar-refractivity contribution in [1.29, 1.82) is 0 Å². The lowest BCUT2D eigenvalue weighted by molar-refractivity contribution is 0.287. The molecule has 0 bridgehead atoms. The summed E-state index contributed by atoms with van der Waals surface area (Å²) in [6.45, 7) is 0.0941. The van der Waals surface area contributed by atoms with Crippen molar-refractivity contribution in [2.45, 2.75) is 12.8 Å². The molecule has 5 heteroatoms. The highest BCUT2D eigenvalue weighted by Crippen LogP contribution is 2.29. The summed E-state index contributed by atoms with van der Waals surface area (Å²) in [4.78, 5) is 8.48. The molecule has 0 spiro atoms. The summed E-state index contributed by atoms with van der Waals surface area (Å²) in [5.41, 5.74) is 1.20. The smallest absolute Gasteiger partial charge is 0.129 e. The van der Waals surface area contributed by atoms with Crippen LogP contribution in [0.25, 0.3) is 11.3 Å². The van der Waals surface area contributed by atoms with E-state index in [0.29, 0.717) is 35.7 Å². The van der Waals surface area contributed by atoms with Gasteiger partial charge in [0.05, 0.1) is 12.8 Å². The number of hydrogen-bond donors (Lipinski definition) is 1. The van der Waals surface area contributed by atoms with Crippen LogP contribution >= 0.6 is 0 Å². The third-order valence-corrected chi connectivity index (χ3v) is 2.70. The molecule has 0 atom stereocenters. The summed E-state index contributed by atoms with van der Waals surface area (Å²) >= 11 is 0. The first kappa shape index (κ1) is 13.4. The third kappa shape index (κ3) is 3.26. The normalized spacial score (nSPS) is 10.5. The third-order valence-electron chi connectivity index (χ3n) is 2.70. The van der Waals surface area contributed by atoms with E-state index in [4.69, 9.17) is 9.84 Å². The topological polar surface area (TPSA) is 55.2 Å². The standard InChI is InChI=1S/C14H15FN2O2/c1-19-13-5-4-10(15)9-11(13)12-6-7-16-14(17-12)3-2-8-18/h4-7,9,18H,2-3,8H2,1H3. The van der Waals surface area contributed by atoms with Gasteiger partial charge in [-0.05, 0) is 30.7 Å². The van der Waals surface area contributed by atoms with Crippen LogP contribution in [0.4, 0.5) is 4.39 Å². The zero-order chi connectivity index (χ0) is 13.7. The fourth-order valence-corrected chi connectivity index (χ4v) is 1.79. The van der Waals surface area contributed by atoms with Gasteiger partial charge in [-0.2, -0.15) is 0 Å². The van der Waals surface area contributed by atoms with Crippen molar-refractivity contribution < 1.29 is 14.2 Å². The van der Waals surface area contributed by atoms with E-state index in [1.54, 1.807) is 18.3 Å². The molecule has 0 saturated heterocycles. The lowest BCUT2D eigenvalue weighted by atomic mass is 10.1. The number of rotatable bonds is 5. The van der Waals surface area contributed by atoms with E-state index < -0.39 is 0 Å². The van der Waals surface area contributed by atoms with Crippen molar-refractivity contribution in [2.75, 3.05) is 13.7 Å². The summed E-state index contributed by atoms with van der Waals surface area (Å²) in [6.07, 6.45) is 2.81. The minimum atomic E-state index is -0.341. The quantitative estimate of drug-likeness (QED) is 0.897. The van der Waals surface area contributed by atoms with Gasteiger partial charge in [-0.3, -0.25) is 0 Å². The fourth-order valence-electron chi connectivity index (χ4n) is 1.79. The minimum absolute atomic E-state index is 0.0941. The fraction of sp³-hybridized carbons (Fsp3) is 0.286. The lowest BCUT2D eigenvalue weighted by Gasteiger charge is -2.08. The number of halogens is 1. The predicted octanol–water partition coefficient (Wildman–Crippen LogP) is 2.22. The van der Waals surface area contributed by atoms with E-state index in [0.717, 1.165) is 0 Å². The molecular weight excluding hydrogens is 247 g/mol. The first-order chi connectivity index (χ1) is 9.24. The van der Waals surface area contributed by atoms with Gasteiger partial charge in [0.1, 0.15) is 17.4 Å². The van der Waals surface area contributed by atoms with E-state index in [2.05, 4.69) is 9.97 Å². The molecule has 0 fully saturated rings. The second kappa shape index (κ2) is 6.24. The number of aliphatic hydroxyl groups excluding tert-OH is 1. The van der Waals surface area contributed by atoms with Gasteiger partial charge in [-0.15, -0.1) is 0 Å². The molecular formula is C14H15FN2O2. The maximum Gasteiger partial charge on any atom is 0.129 e. The number of aromatic nitrogens is 2. The highest BCUT2D eigenvalue weighted by Gasteiger charge is 2.09. The van der Waals surface area contributed by atoms with Crippen LogP contribution in [0.2, 0.25) is 0 Å². The Labute approximate surface area is 110 Å². The van der Waals surface area contributed by atoms with Gasteiger partial charge in [0.2, 0.25) is 0 Å². The number of aryl methyl sites for hydroxylation is 1.